The van der Waals surface area contributed by atoms with Crippen LogP contribution >= 0.6 is 0 Å². The monoisotopic (exact) mass is 459 g/mol. The van der Waals surface area contributed by atoms with Crippen molar-refractivity contribution in [3.63, 3.8) is 0 Å². The van der Waals surface area contributed by atoms with Crippen LogP contribution in [0, 0.1) is 5.41 Å². The Labute approximate surface area is 194 Å². The van der Waals surface area contributed by atoms with Gasteiger partial charge >= 0.3 is 12.1 Å². The maximum atomic E-state index is 12.4. The molecule has 3 rings (SSSR count). The number of benzene rings is 1. The summed E-state index contributed by atoms with van der Waals surface area (Å²) in [5, 5.41) is 12.0. The summed E-state index contributed by atoms with van der Waals surface area (Å²) in [6.45, 7) is 9.55. The number of anilines is 1. The predicted octanol–water partition coefficient (Wildman–Crippen LogP) is 2.82. The highest BCUT2D eigenvalue weighted by molar-refractivity contribution is 6.00. The van der Waals surface area contributed by atoms with E-state index in [4.69, 9.17) is 4.74 Å². The second kappa shape index (κ2) is 9.41. The van der Waals surface area contributed by atoms with Crippen LogP contribution < -0.4 is 10.2 Å². The summed E-state index contributed by atoms with van der Waals surface area (Å²) in [7, 11) is 0. The molecule has 0 aliphatic carbocycles. The molecular formula is C24H33N3O6. The summed E-state index contributed by atoms with van der Waals surface area (Å²) < 4.78 is 5.44. The van der Waals surface area contributed by atoms with Gasteiger partial charge in [-0.1, -0.05) is 6.92 Å². The van der Waals surface area contributed by atoms with E-state index in [1.807, 2.05) is 33.8 Å². The molecule has 2 aliphatic rings. The highest BCUT2D eigenvalue weighted by atomic mass is 16.6. The molecule has 2 saturated heterocycles. The average Bonchev–Trinajstić information content (AvgIpc) is 2.74. The van der Waals surface area contributed by atoms with Crippen molar-refractivity contribution >= 4 is 29.6 Å². The maximum Gasteiger partial charge on any atom is 0.410 e. The molecule has 2 heterocycles. The highest BCUT2D eigenvalue weighted by Gasteiger charge is 2.38. The van der Waals surface area contributed by atoms with Crippen molar-refractivity contribution in [3.8, 4) is 0 Å². The van der Waals surface area contributed by atoms with Crippen molar-refractivity contribution in [2.45, 2.75) is 59.0 Å². The number of piperidine rings is 1. The highest BCUT2D eigenvalue weighted by Crippen LogP contribution is 2.33. The molecule has 1 aromatic carbocycles. The molecule has 0 radical (unpaired) electrons. The van der Waals surface area contributed by atoms with Crippen LogP contribution in [0.2, 0.25) is 0 Å². The Morgan fingerprint density at radius 3 is 2.39 bits per heavy atom. The molecule has 0 aromatic heterocycles. The van der Waals surface area contributed by atoms with Crippen LogP contribution in [-0.2, 0) is 20.7 Å². The number of nitrogens with zero attached hydrogens (tertiary/aromatic N) is 2. The Bertz CT molecular complexity index is 946. The van der Waals surface area contributed by atoms with Gasteiger partial charge in [-0.05, 0) is 63.8 Å². The van der Waals surface area contributed by atoms with Crippen LogP contribution in [0.4, 0.5) is 10.5 Å². The molecule has 2 N–H and O–H groups in total. The molecule has 180 valence electrons. The van der Waals surface area contributed by atoms with Gasteiger partial charge in [-0.3, -0.25) is 14.9 Å². The van der Waals surface area contributed by atoms with Gasteiger partial charge in [-0.2, -0.15) is 0 Å². The predicted molar refractivity (Wildman–Crippen MR) is 122 cm³/mol. The van der Waals surface area contributed by atoms with Crippen LogP contribution in [0.1, 0.15) is 62.9 Å². The zero-order valence-corrected chi connectivity index (χ0v) is 19.8. The van der Waals surface area contributed by atoms with E-state index in [1.54, 1.807) is 17.0 Å². The number of carbonyl (C=O) groups is 4. The lowest BCUT2D eigenvalue weighted by Crippen LogP contribution is -2.50. The number of nitrogens with one attached hydrogen (secondary N) is 1. The summed E-state index contributed by atoms with van der Waals surface area (Å²) >= 11 is 0. The van der Waals surface area contributed by atoms with Crippen LogP contribution in [0.3, 0.4) is 0 Å². The summed E-state index contributed by atoms with van der Waals surface area (Å²) in [6, 6.07) is 5.24. The van der Waals surface area contributed by atoms with E-state index in [2.05, 4.69) is 10.2 Å². The summed E-state index contributed by atoms with van der Waals surface area (Å²) in [6.07, 6.45) is 1.26. The number of amides is 3. The maximum absolute atomic E-state index is 12.4. The summed E-state index contributed by atoms with van der Waals surface area (Å²) in [5.74, 6) is -1.58. The topological polar surface area (TPSA) is 116 Å². The average molecular weight is 460 g/mol. The first-order valence-corrected chi connectivity index (χ1v) is 11.3. The van der Waals surface area contributed by atoms with Crippen molar-refractivity contribution in [3.05, 3.63) is 29.3 Å². The van der Waals surface area contributed by atoms with Gasteiger partial charge in [-0.15, -0.1) is 0 Å². The molecule has 1 atom stereocenters. The van der Waals surface area contributed by atoms with Crippen molar-refractivity contribution < 1.29 is 29.0 Å². The third-order valence-corrected chi connectivity index (χ3v) is 6.27. The zero-order valence-electron chi connectivity index (χ0n) is 19.8. The van der Waals surface area contributed by atoms with Gasteiger partial charge in [-0.25, -0.2) is 9.59 Å². The fourth-order valence-electron chi connectivity index (χ4n) is 4.16. The van der Waals surface area contributed by atoms with Gasteiger partial charge in [0.15, 0.2) is 0 Å². The van der Waals surface area contributed by atoms with Crippen LogP contribution in [0.15, 0.2) is 18.2 Å². The molecule has 0 bridgehead atoms. The second-order valence-electron chi connectivity index (χ2n) is 10.0. The van der Waals surface area contributed by atoms with Crippen molar-refractivity contribution in [1.82, 2.24) is 10.2 Å². The van der Waals surface area contributed by atoms with Crippen molar-refractivity contribution in [2.24, 2.45) is 5.41 Å². The first-order chi connectivity index (χ1) is 15.4. The molecule has 0 saturated carbocycles. The van der Waals surface area contributed by atoms with E-state index >= 15 is 0 Å². The number of carboxylic acids is 1. The number of imide groups is 1. The molecular weight excluding hydrogens is 426 g/mol. The van der Waals surface area contributed by atoms with Gasteiger partial charge in [0, 0.05) is 43.7 Å². The van der Waals surface area contributed by atoms with Gasteiger partial charge in [0.25, 0.3) is 0 Å². The molecule has 0 spiro atoms. The lowest BCUT2D eigenvalue weighted by Gasteiger charge is -2.37. The Kier molecular flexibility index (Phi) is 7.00. The molecule has 3 amide bonds. The van der Waals surface area contributed by atoms with E-state index in [-0.39, 0.29) is 29.9 Å². The lowest BCUT2D eigenvalue weighted by atomic mass is 9.76. The van der Waals surface area contributed by atoms with Gasteiger partial charge in [0.1, 0.15) is 5.60 Å². The first-order valence-electron chi connectivity index (χ1n) is 11.3. The largest absolute Gasteiger partial charge is 0.478 e. The number of hydrogen-bond donors (Lipinski definition) is 2. The SMILES string of the molecule is CC(C)(C)OC(=O)N1CCN(c2ccc(C(=O)O)c(CCC3(C)CCC(=O)NC3=O)c2)CC1. The number of hydrogen-bond acceptors (Lipinski definition) is 6. The Balaban J connectivity index is 1.69. The molecule has 2 aliphatic heterocycles. The van der Waals surface area contributed by atoms with E-state index in [0.717, 1.165) is 5.69 Å². The number of rotatable bonds is 5. The van der Waals surface area contributed by atoms with Crippen LogP contribution in [0.5, 0.6) is 0 Å². The number of carbonyl (C=O) groups excluding carboxylic acids is 3. The number of aryl methyl sites for hydroxylation is 1. The smallest absolute Gasteiger partial charge is 0.410 e. The summed E-state index contributed by atoms with van der Waals surface area (Å²) in [4.78, 5) is 51.7. The lowest BCUT2D eigenvalue weighted by molar-refractivity contribution is -0.141. The van der Waals surface area contributed by atoms with E-state index in [9.17, 15) is 24.3 Å². The number of piperazine rings is 1. The second-order valence-corrected chi connectivity index (χ2v) is 10.0. The standard InChI is InChI=1S/C24H33N3O6/c1-23(2,3)33-22(32)27-13-11-26(12-14-27)17-5-6-18(20(29)30)16(15-17)7-9-24(4)10-8-19(28)25-21(24)31/h5-6,15H,7-14H2,1-4H3,(H,29,30)(H,25,28,31). The minimum atomic E-state index is -1.01. The van der Waals surface area contributed by atoms with E-state index < -0.39 is 17.0 Å². The first kappa shape index (κ1) is 24.5. The van der Waals surface area contributed by atoms with E-state index in [0.29, 0.717) is 51.0 Å². The number of aromatic carboxylic acids is 1. The quantitative estimate of drug-likeness (QED) is 0.651. The minimum absolute atomic E-state index is 0.210. The van der Waals surface area contributed by atoms with E-state index in [1.165, 1.54) is 0 Å². The fraction of sp³-hybridized carbons (Fsp3) is 0.583. The number of carboxylic acid groups (broad SMARTS) is 1. The fourth-order valence-corrected chi connectivity index (χ4v) is 4.16. The molecule has 2 fully saturated rings. The Hall–Kier alpha value is -3.10. The van der Waals surface area contributed by atoms with Crippen LogP contribution in [0.25, 0.3) is 0 Å². The molecule has 1 unspecified atom stereocenters. The number of ether oxygens (including phenoxy) is 1. The van der Waals surface area contributed by atoms with Gasteiger partial charge in [0.05, 0.1) is 5.56 Å². The Morgan fingerprint density at radius 2 is 1.82 bits per heavy atom. The molecule has 9 heteroatoms. The Morgan fingerprint density at radius 1 is 1.15 bits per heavy atom. The normalized spacial score (nSPS) is 21.6. The van der Waals surface area contributed by atoms with Gasteiger partial charge < -0.3 is 19.6 Å². The third-order valence-electron chi connectivity index (χ3n) is 6.27. The van der Waals surface area contributed by atoms with Gasteiger partial charge in [0.2, 0.25) is 11.8 Å². The molecule has 1 aromatic rings. The van der Waals surface area contributed by atoms with Crippen LogP contribution in [-0.4, -0.2) is 65.7 Å². The van der Waals surface area contributed by atoms with Crippen molar-refractivity contribution in [2.75, 3.05) is 31.1 Å². The molecule has 33 heavy (non-hydrogen) atoms. The summed E-state index contributed by atoms with van der Waals surface area (Å²) in [5.41, 5.74) is 0.489. The van der Waals surface area contributed by atoms with Crippen molar-refractivity contribution in [1.29, 1.82) is 0 Å². The zero-order chi connectivity index (χ0) is 24.4. The third kappa shape index (κ3) is 6.03. The molecule has 9 nitrogen and oxygen atoms in total. The minimum Gasteiger partial charge on any atom is -0.478 e.